The van der Waals surface area contributed by atoms with Crippen molar-refractivity contribution in [3.05, 3.63) is 50.7 Å². The number of ether oxygens (including phenoxy) is 1. The Morgan fingerprint density at radius 1 is 1.21 bits per heavy atom. The zero-order valence-corrected chi connectivity index (χ0v) is 18.5. The highest BCUT2D eigenvalue weighted by Crippen LogP contribution is 2.49. The van der Waals surface area contributed by atoms with E-state index in [2.05, 4.69) is 34.3 Å². The van der Waals surface area contributed by atoms with Crippen molar-refractivity contribution in [3.8, 4) is 5.88 Å². The van der Waals surface area contributed by atoms with E-state index in [0.717, 1.165) is 39.7 Å². The fourth-order valence-electron chi connectivity index (χ4n) is 3.31. The highest BCUT2D eigenvalue weighted by atomic mass is 35.5. The van der Waals surface area contributed by atoms with Crippen molar-refractivity contribution < 1.29 is 4.74 Å². The molecule has 2 heterocycles. The quantitative estimate of drug-likeness (QED) is 0.373. The molecule has 0 fully saturated rings. The summed E-state index contributed by atoms with van der Waals surface area (Å²) in [6.45, 7) is 4.44. The van der Waals surface area contributed by atoms with Gasteiger partial charge in [-0.1, -0.05) is 54.9 Å². The summed E-state index contributed by atoms with van der Waals surface area (Å²) in [7, 11) is 1.59. The zero-order chi connectivity index (χ0) is 20.6. The van der Waals surface area contributed by atoms with Gasteiger partial charge < -0.3 is 4.74 Å². The van der Waals surface area contributed by atoms with E-state index < -0.39 is 0 Å². The molecule has 1 aliphatic heterocycles. The Bertz CT molecular complexity index is 1060. The second-order valence-corrected chi connectivity index (χ2v) is 9.38. The van der Waals surface area contributed by atoms with E-state index in [4.69, 9.17) is 32.9 Å². The predicted molar refractivity (Wildman–Crippen MR) is 119 cm³/mol. The molecular formula is C20H19Cl2N5OS. The fraction of sp³-hybridized carbons (Fsp3) is 0.300. The zero-order valence-electron chi connectivity index (χ0n) is 16.2. The lowest BCUT2D eigenvalue weighted by molar-refractivity contribution is 0.362. The van der Waals surface area contributed by atoms with E-state index in [1.54, 1.807) is 37.2 Å². The first-order valence-electron chi connectivity index (χ1n) is 8.98. The van der Waals surface area contributed by atoms with Gasteiger partial charge in [0.25, 0.3) is 0 Å². The van der Waals surface area contributed by atoms with Crippen molar-refractivity contribution in [2.75, 3.05) is 7.11 Å². The average molecular weight is 448 g/mol. The van der Waals surface area contributed by atoms with Crippen LogP contribution in [0.25, 0.3) is 0 Å². The Morgan fingerprint density at radius 3 is 2.79 bits per heavy atom. The van der Waals surface area contributed by atoms with Crippen LogP contribution in [0.5, 0.6) is 5.88 Å². The fourth-order valence-corrected chi connectivity index (χ4v) is 4.61. The third-order valence-electron chi connectivity index (χ3n) is 4.59. The van der Waals surface area contributed by atoms with Gasteiger partial charge in [0.2, 0.25) is 5.88 Å². The number of benzene rings is 1. The summed E-state index contributed by atoms with van der Waals surface area (Å²) < 4.78 is 5.36. The number of halogens is 2. The van der Waals surface area contributed by atoms with Gasteiger partial charge in [-0.05, 0) is 36.0 Å². The maximum Gasteiger partial charge on any atom is 0.244 e. The number of aliphatic imine (C=N–C) groups is 1. The molecular weight excluding hydrogens is 429 g/mol. The normalized spacial score (nSPS) is 17.6. The Labute approximate surface area is 183 Å². The van der Waals surface area contributed by atoms with Gasteiger partial charge in [0.1, 0.15) is 11.4 Å². The molecule has 0 spiro atoms. The number of hydrogen-bond acceptors (Lipinski definition) is 7. The monoisotopic (exact) mass is 447 g/mol. The van der Waals surface area contributed by atoms with Crippen LogP contribution in [-0.2, 0) is 0 Å². The van der Waals surface area contributed by atoms with Gasteiger partial charge >= 0.3 is 0 Å². The number of fused-ring (bicyclic) bond motifs is 2. The first-order valence-corrected chi connectivity index (χ1v) is 10.6. The first-order chi connectivity index (χ1) is 13.9. The van der Waals surface area contributed by atoms with Crippen LogP contribution >= 0.6 is 35.0 Å². The lowest BCUT2D eigenvalue weighted by Gasteiger charge is -2.35. The smallest absolute Gasteiger partial charge is 0.244 e. The van der Waals surface area contributed by atoms with Crippen LogP contribution in [0.2, 0.25) is 10.0 Å². The van der Waals surface area contributed by atoms with Gasteiger partial charge in [-0.3, -0.25) is 5.43 Å². The van der Waals surface area contributed by atoms with Gasteiger partial charge in [-0.15, -0.1) is 0 Å². The van der Waals surface area contributed by atoms with Gasteiger partial charge in [0, 0.05) is 5.70 Å². The second kappa shape index (κ2) is 7.97. The van der Waals surface area contributed by atoms with Crippen molar-refractivity contribution in [1.82, 2.24) is 15.4 Å². The molecule has 150 valence electrons. The van der Waals surface area contributed by atoms with Crippen LogP contribution in [0.3, 0.4) is 0 Å². The number of aromatic nitrogens is 2. The molecule has 0 atom stereocenters. The van der Waals surface area contributed by atoms with Crippen molar-refractivity contribution in [2.45, 2.75) is 31.7 Å². The number of hydrogen-bond donors (Lipinski definition) is 1. The average Bonchev–Trinajstić information content (AvgIpc) is 2.68. The van der Waals surface area contributed by atoms with Crippen LogP contribution in [0.1, 0.15) is 32.3 Å². The van der Waals surface area contributed by atoms with E-state index in [9.17, 15) is 0 Å². The molecule has 1 aromatic heterocycles. The predicted octanol–water partition coefficient (Wildman–Crippen LogP) is 5.63. The molecule has 0 amide bonds. The lowest BCUT2D eigenvalue weighted by atomic mass is 9.78. The Hall–Kier alpha value is -2.09. The Kier molecular flexibility index (Phi) is 5.55. The summed E-state index contributed by atoms with van der Waals surface area (Å²) in [4.78, 5) is 14.4. The maximum absolute atomic E-state index is 6.08. The molecule has 1 aliphatic carbocycles. The standard InChI is InChI=1S/C20H19Cl2N5OS/c1-20(2)7-14-17(29-19-16(26-14)18(28-3)23-10-24-19)15(8-20)27-25-9-11-4-5-12(21)13(22)6-11/h4-6,9-10,27H,7-8H2,1-3H3/b25-9+. The molecule has 0 unspecified atom stereocenters. The molecule has 1 aromatic carbocycles. The van der Waals surface area contributed by atoms with Crippen LogP contribution in [0, 0.1) is 5.41 Å². The molecule has 2 aromatic rings. The molecule has 4 rings (SSSR count). The van der Waals surface area contributed by atoms with E-state index in [1.165, 1.54) is 6.33 Å². The van der Waals surface area contributed by atoms with E-state index in [1.807, 2.05) is 6.07 Å². The minimum Gasteiger partial charge on any atom is -0.479 e. The SMILES string of the molecule is COc1ncnc2c1N=C1CC(C)(C)CC(N/N=C/c3ccc(Cl)c(Cl)c3)=C1S2. The summed E-state index contributed by atoms with van der Waals surface area (Å²) in [5, 5.41) is 6.22. The molecule has 1 N–H and O–H groups in total. The number of allylic oxidation sites excluding steroid dienone is 2. The van der Waals surface area contributed by atoms with Crippen LogP contribution in [0.4, 0.5) is 5.69 Å². The summed E-state index contributed by atoms with van der Waals surface area (Å²) in [5.41, 5.74) is 6.83. The molecule has 9 heteroatoms. The van der Waals surface area contributed by atoms with E-state index in [-0.39, 0.29) is 5.41 Å². The van der Waals surface area contributed by atoms with Crippen LogP contribution in [-0.4, -0.2) is 29.0 Å². The van der Waals surface area contributed by atoms with Gasteiger partial charge in [-0.2, -0.15) is 10.1 Å². The van der Waals surface area contributed by atoms with Crippen LogP contribution < -0.4 is 10.2 Å². The lowest BCUT2D eigenvalue weighted by Crippen LogP contribution is -2.30. The van der Waals surface area contributed by atoms with Gasteiger partial charge in [0.05, 0.1) is 34.0 Å². The topological polar surface area (TPSA) is 71.8 Å². The van der Waals surface area contributed by atoms with Gasteiger partial charge in [-0.25, -0.2) is 9.98 Å². The third kappa shape index (κ3) is 4.27. The summed E-state index contributed by atoms with van der Waals surface area (Å²) in [6, 6.07) is 5.39. The molecule has 2 aliphatic rings. The molecule has 6 nitrogen and oxygen atoms in total. The molecule has 0 saturated carbocycles. The molecule has 0 bridgehead atoms. The molecule has 29 heavy (non-hydrogen) atoms. The number of nitrogens with one attached hydrogen (secondary N) is 1. The molecule has 0 saturated heterocycles. The number of thioether (sulfide) groups is 1. The number of nitrogens with zero attached hydrogens (tertiary/aromatic N) is 4. The highest BCUT2D eigenvalue weighted by Gasteiger charge is 2.35. The third-order valence-corrected chi connectivity index (χ3v) is 6.51. The largest absolute Gasteiger partial charge is 0.479 e. The minimum absolute atomic E-state index is 0.0463. The summed E-state index contributed by atoms with van der Waals surface area (Å²) in [6.07, 6.45) is 4.92. The van der Waals surface area contributed by atoms with Crippen molar-refractivity contribution in [2.24, 2.45) is 15.5 Å². The van der Waals surface area contributed by atoms with Crippen molar-refractivity contribution in [1.29, 1.82) is 0 Å². The maximum atomic E-state index is 6.08. The summed E-state index contributed by atoms with van der Waals surface area (Å²) in [5.74, 6) is 0.490. The van der Waals surface area contributed by atoms with Crippen LogP contribution in [0.15, 0.2) is 50.2 Å². The van der Waals surface area contributed by atoms with E-state index in [0.29, 0.717) is 21.6 Å². The first kappa shape index (κ1) is 20.2. The second-order valence-electron chi connectivity index (χ2n) is 7.57. The van der Waals surface area contributed by atoms with E-state index >= 15 is 0 Å². The number of methoxy groups -OCH3 is 1. The Morgan fingerprint density at radius 2 is 2.03 bits per heavy atom. The Balaban J connectivity index is 1.66. The van der Waals surface area contributed by atoms with Crippen molar-refractivity contribution in [3.63, 3.8) is 0 Å². The number of rotatable bonds is 4. The summed E-state index contributed by atoms with van der Waals surface area (Å²) >= 11 is 13.6. The minimum atomic E-state index is 0.0463. The van der Waals surface area contributed by atoms with Gasteiger partial charge in [0.15, 0.2) is 5.69 Å². The number of hydrazone groups is 1. The molecule has 0 radical (unpaired) electrons. The van der Waals surface area contributed by atoms with Crippen molar-refractivity contribution >= 4 is 52.6 Å². The highest BCUT2D eigenvalue weighted by molar-refractivity contribution is 8.04.